The summed E-state index contributed by atoms with van der Waals surface area (Å²) in [5, 5.41) is 0. The quantitative estimate of drug-likeness (QED) is 0.190. The number of ether oxygens (including phenoxy) is 2. The Bertz CT molecular complexity index is 235. The van der Waals surface area contributed by atoms with Gasteiger partial charge in [-0.1, -0.05) is 74.5 Å². The van der Waals surface area contributed by atoms with Crippen LogP contribution in [0, 0.1) is 0 Å². The van der Waals surface area contributed by atoms with E-state index in [9.17, 15) is 0 Å². The van der Waals surface area contributed by atoms with Crippen molar-refractivity contribution in [2.75, 3.05) is 24.7 Å². The minimum Gasteiger partial charge on any atom is -0.381 e. The molecule has 0 bridgehead atoms. The van der Waals surface area contributed by atoms with Gasteiger partial charge < -0.3 is 9.47 Å². The molecule has 2 unspecified atom stereocenters. The molecule has 0 fully saturated rings. The van der Waals surface area contributed by atoms with Crippen molar-refractivity contribution < 1.29 is 9.47 Å². The molecule has 2 nitrogen and oxygen atoms in total. The van der Waals surface area contributed by atoms with Gasteiger partial charge in [0.1, 0.15) is 0 Å². The summed E-state index contributed by atoms with van der Waals surface area (Å²) in [6.45, 7) is 15.9. The lowest BCUT2D eigenvalue weighted by atomic mass is 10.4. The first kappa shape index (κ1) is 24.4. The van der Waals surface area contributed by atoms with E-state index in [0.29, 0.717) is 11.5 Å². The van der Waals surface area contributed by atoms with E-state index in [1.807, 2.05) is 31.4 Å². The van der Waals surface area contributed by atoms with Crippen molar-refractivity contribution in [1.29, 1.82) is 0 Å². The maximum Gasteiger partial charge on any atom is 0.0667 e. The van der Waals surface area contributed by atoms with Crippen molar-refractivity contribution in [3.63, 3.8) is 0 Å². The van der Waals surface area contributed by atoms with Gasteiger partial charge in [0.05, 0.1) is 29.0 Å². The molecule has 0 aliphatic heterocycles. The summed E-state index contributed by atoms with van der Waals surface area (Å²) in [5.74, 6) is 2.29. The molecule has 0 aliphatic carbocycles. The molecule has 0 rings (SSSR count). The van der Waals surface area contributed by atoms with Gasteiger partial charge in [-0.05, 0) is 22.7 Å². The van der Waals surface area contributed by atoms with E-state index >= 15 is 0 Å². The fraction of sp³-hybridized carbons (Fsp3) is 1.00. The van der Waals surface area contributed by atoms with Crippen LogP contribution in [0.15, 0.2) is 0 Å². The number of hydrogen-bond acceptors (Lipinski definition) is 5. The van der Waals surface area contributed by atoms with E-state index in [-0.39, 0.29) is 0 Å². The zero-order valence-electron chi connectivity index (χ0n) is 16.0. The molecule has 0 aromatic rings. The molecule has 0 aliphatic rings. The lowest BCUT2D eigenvalue weighted by molar-refractivity contribution is 0.114. The third-order valence-corrected chi connectivity index (χ3v) is 12.5. The zero-order valence-corrected chi connectivity index (χ0v) is 20.8. The van der Waals surface area contributed by atoms with Crippen LogP contribution in [0.3, 0.4) is 0 Å². The Morgan fingerprint density at radius 1 is 0.739 bits per heavy atom. The average Bonchev–Trinajstić information content (AvgIpc) is 2.50. The monoisotopic (exact) mass is 414 g/mol. The summed E-state index contributed by atoms with van der Waals surface area (Å²) in [6.07, 6.45) is 4.84. The summed E-state index contributed by atoms with van der Waals surface area (Å²) in [4.78, 5) is 0. The van der Waals surface area contributed by atoms with E-state index in [4.69, 9.17) is 9.47 Å². The van der Waals surface area contributed by atoms with Gasteiger partial charge in [-0.25, -0.2) is 0 Å². The van der Waals surface area contributed by atoms with Gasteiger partial charge in [0.25, 0.3) is 0 Å². The second-order valence-corrected chi connectivity index (χ2v) is 17.4. The number of unbranched alkanes of at least 4 members (excludes halogenated alkanes) is 2. The van der Waals surface area contributed by atoms with E-state index in [0.717, 1.165) is 24.7 Å². The molecule has 0 N–H and O–H groups in total. The Balaban J connectivity index is 3.84. The van der Waals surface area contributed by atoms with Crippen LogP contribution in [-0.4, -0.2) is 53.8 Å². The molecule has 140 valence electrons. The summed E-state index contributed by atoms with van der Waals surface area (Å²) in [6, 6.07) is 0. The van der Waals surface area contributed by atoms with Crippen LogP contribution in [0.4, 0.5) is 0 Å². The van der Waals surface area contributed by atoms with Gasteiger partial charge in [-0.15, -0.1) is 0 Å². The first-order valence-electron chi connectivity index (χ1n) is 9.17. The highest BCUT2D eigenvalue weighted by Gasteiger charge is 2.17. The Morgan fingerprint density at radius 3 is 1.43 bits per heavy atom. The van der Waals surface area contributed by atoms with Crippen LogP contribution >= 0.6 is 31.4 Å². The fourth-order valence-electron chi connectivity index (χ4n) is 1.85. The third kappa shape index (κ3) is 14.3. The van der Waals surface area contributed by atoms with Crippen LogP contribution in [0.5, 0.6) is 0 Å². The average molecular weight is 415 g/mol. The first-order chi connectivity index (χ1) is 11.0. The molecule has 2 atom stereocenters. The lowest BCUT2D eigenvalue weighted by Crippen LogP contribution is -2.31. The Morgan fingerprint density at radius 2 is 1.13 bits per heavy atom. The van der Waals surface area contributed by atoms with Crippen molar-refractivity contribution >= 4 is 49.0 Å². The summed E-state index contributed by atoms with van der Waals surface area (Å²) < 4.78 is 12.2. The molecule has 23 heavy (non-hydrogen) atoms. The lowest BCUT2D eigenvalue weighted by Gasteiger charge is -2.21. The fourth-order valence-corrected chi connectivity index (χ4v) is 11.0. The minimum atomic E-state index is -0.718. The first-order valence-corrected chi connectivity index (χ1v) is 18.9. The standard InChI is InChI=1S/C16H38O2S3Si2/c1-7-9-11-17-15(22(3)4)13-19-21-20-14-16(23(5)6)18-12-10-8-2/h15-16,22-23H,7-14H2,1-6H3. The van der Waals surface area contributed by atoms with Gasteiger partial charge in [0.2, 0.25) is 0 Å². The van der Waals surface area contributed by atoms with E-state index in [1.54, 1.807) is 0 Å². The highest BCUT2D eigenvalue weighted by Crippen LogP contribution is 2.36. The molecule has 0 aromatic carbocycles. The van der Waals surface area contributed by atoms with Crippen molar-refractivity contribution in [1.82, 2.24) is 0 Å². The summed E-state index contributed by atoms with van der Waals surface area (Å²) >= 11 is 0. The largest absolute Gasteiger partial charge is 0.381 e. The Labute approximate surface area is 160 Å². The van der Waals surface area contributed by atoms with Crippen molar-refractivity contribution in [2.45, 2.75) is 77.2 Å². The minimum absolute atomic E-state index is 0.524. The molecular weight excluding hydrogens is 377 g/mol. The maximum atomic E-state index is 6.08. The molecule has 0 amide bonds. The van der Waals surface area contributed by atoms with E-state index in [2.05, 4.69) is 40.0 Å². The van der Waals surface area contributed by atoms with Crippen LogP contribution in [0.2, 0.25) is 26.2 Å². The third-order valence-electron chi connectivity index (χ3n) is 3.71. The topological polar surface area (TPSA) is 18.5 Å². The van der Waals surface area contributed by atoms with Gasteiger partial charge in [0, 0.05) is 24.7 Å². The van der Waals surface area contributed by atoms with Crippen molar-refractivity contribution in [3.8, 4) is 0 Å². The molecule has 0 saturated carbocycles. The number of hydrogen-bond donors (Lipinski definition) is 0. The highest BCUT2D eigenvalue weighted by molar-refractivity contribution is 9.09. The molecule has 0 spiro atoms. The second-order valence-electron chi connectivity index (χ2n) is 6.65. The summed E-state index contributed by atoms with van der Waals surface area (Å²) in [5.41, 5.74) is 1.05. The molecular formula is C16H38O2S3Si2. The van der Waals surface area contributed by atoms with E-state index in [1.165, 1.54) is 25.7 Å². The van der Waals surface area contributed by atoms with E-state index < -0.39 is 17.6 Å². The van der Waals surface area contributed by atoms with Gasteiger partial charge in [0.15, 0.2) is 0 Å². The Hall–Kier alpha value is 1.40. The van der Waals surface area contributed by atoms with Crippen molar-refractivity contribution in [2.24, 2.45) is 0 Å². The Kier molecular flexibility index (Phi) is 17.9. The van der Waals surface area contributed by atoms with Crippen molar-refractivity contribution in [3.05, 3.63) is 0 Å². The van der Waals surface area contributed by atoms with Gasteiger partial charge >= 0.3 is 0 Å². The van der Waals surface area contributed by atoms with Gasteiger partial charge in [-0.3, -0.25) is 0 Å². The molecule has 7 heteroatoms. The van der Waals surface area contributed by atoms with Crippen LogP contribution in [0.25, 0.3) is 0 Å². The normalized spacial score (nSPS) is 14.6. The molecule has 0 aromatic heterocycles. The van der Waals surface area contributed by atoms with Crippen LogP contribution in [0.1, 0.15) is 39.5 Å². The predicted molar refractivity (Wildman–Crippen MR) is 120 cm³/mol. The SMILES string of the molecule is CCCCOC(CSSSCC(OCCCC)[SiH](C)C)[SiH](C)C. The predicted octanol–water partition coefficient (Wildman–Crippen LogP) is 5.44. The second kappa shape index (κ2) is 16.8. The molecule has 0 saturated heterocycles. The molecule has 0 heterocycles. The zero-order chi connectivity index (χ0) is 17.5. The smallest absolute Gasteiger partial charge is 0.0667 e. The maximum absolute atomic E-state index is 6.08. The van der Waals surface area contributed by atoms with Gasteiger partial charge in [-0.2, -0.15) is 0 Å². The van der Waals surface area contributed by atoms with Crippen LogP contribution in [-0.2, 0) is 9.47 Å². The van der Waals surface area contributed by atoms with Crippen LogP contribution < -0.4 is 0 Å². The highest BCUT2D eigenvalue weighted by atomic mass is 33.5. The molecule has 0 radical (unpaired) electrons. The number of rotatable bonds is 16. The summed E-state index contributed by atoms with van der Waals surface area (Å²) in [7, 11) is 4.46.